The SMILES string of the molecule is CC(C)C(=O)c1ccc(-c2nnc(C(C)C)o2)cc1. The van der Waals surface area contributed by atoms with Gasteiger partial charge in [0.25, 0.3) is 0 Å². The van der Waals surface area contributed by atoms with Crippen LogP contribution < -0.4 is 0 Å². The highest BCUT2D eigenvalue weighted by Gasteiger charge is 2.13. The number of hydrogen-bond donors (Lipinski definition) is 0. The molecule has 0 saturated heterocycles. The second-order valence-electron chi connectivity index (χ2n) is 5.20. The predicted octanol–water partition coefficient (Wildman–Crippen LogP) is 3.70. The first-order chi connectivity index (χ1) is 8.99. The van der Waals surface area contributed by atoms with Crippen molar-refractivity contribution in [2.24, 2.45) is 5.92 Å². The molecule has 19 heavy (non-hydrogen) atoms. The van der Waals surface area contributed by atoms with Crippen LogP contribution in [0.1, 0.15) is 49.9 Å². The quantitative estimate of drug-likeness (QED) is 0.785. The number of hydrogen-bond acceptors (Lipinski definition) is 4. The Balaban J connectivity index is 2.24. The molecule has 0 spiro atoms. The van der Waals surface area contributed by atoms with Gasteiger partial charge in [-0.25, -0.2) is 0 Å². The Bertz CT molecular complexity index is 568. The van der Waals surface area contributed by atoms with Crippen LogP contribution in [0, 0.1) is 5.92 Å². The molecular formula is C15H18N2O2. The molecule has 0 saturated carbocycles. The van der Waals surface area contributed by atoms with Crippen LogP contribution in [0.5, 0.6) is 0 Å². The van der Waals surface area contributed by atoms with Crippen molar-refractivity contribution < 1.29 is 9.21 Å². The molecule has 0 unspecified atom stereocenters. The average molecular weight is 258 g/mol. The third kappa shape index (κ3) is 2.89. The highest BCUT2D eigenvalue weighted by Crippen LogP contribution is 2.22. The van der Waals surface area contributed by atoms with Crippen LogP contribution in [-0.4, -0.2) is 16.0 Å². The Kier molecular flexibility index (Phi) is 3.79. The van der Waals surface area contributed by atoms with Gasteiger partial charge >= 0.3 is 0 Å². The van der Waals surface area contributed by atoms with Gasteiger partial charge in [0, 0.05) is 23.0 Å². The Morgan fingerprint density at radius 2 is 1.68 bits per heavy atom. The first kappa shape index (κ1) is 13.5. The van der Waals surface area contributed by atoms with E-state index in [1.807, 2.05) is 39.8 Å². The van der Waals surface area contributed by atoms with E-state index in [4.69, 9.17) is 4.42 Å². The standard InChI is InChI=1S/C15H18N2O2/c1-9(2)13(18)11-5-7-12(8-6-11)15-17-16-14(19-15)10(3)4/h5-10H,1-4H3. The Morgan fingerprint density at radius 1 is 1.05 bits per heavy atom. The fourth-order valence-corrected chi connectivity index (χ4v) is 1.69. The number of carbonyl (C=O) groups excluding carboxylic acids is 1. The molecule has 0 N–H and O–H groups in total. The van der Waals surface area contributed by atoms with Crippen molar-refractivity contribution in [3.63, 3.8) is 0 Å². The van der Waals surface area contributed by atoms with Crippen molar-refractivity contribution >= 4 is 5.78 Å². The summed E-state index contributed by atoms with van der Waals surface area (Å²) in [6.45, 7) is 7.79. The molecule has 100 valence electrons. The molecule has 0 aliphatic heterocycles. The first-order valence-corrected chi connectivity index (χ1v) is 6.47. The van der Waals surface area contributed by atoms with Gasteiger partial charge in [-0.3, -0.25) is 4.79 Å². The Labute approximate surface area is 112 Å². The van der Waals surface area contributed by atoms with E-state index in [1.54, 1.807) is 12.1 Å². The van der Waals surface area contributed by atoms with Gasteiger partial charge in [0.05, 0.1) is 0 Å². The van der Waals surface area contributed by atoms with Crippen LogP contribution in [0.2, 0.25) is 0 Å². The van der Waals surface area contributed by atoms with Gasteiger partial charge in [-0.15, -0.1) is 10.2 Å². The number of rotatable bonds is 4. The lowest BCUT2D eigenvalue weighted by Gasteiger charge is -2.04. The summed E-state index contributed by atoms with van der Waals surface area (Å²) in [5.74, 6) is 1.47. The van der Waals surface area contributed by atoms with E-state index in [0.717, 1.165) is 5.56 Å². The van der Waals surface area contributed by atoms with Crippen molar-refractivity contribution in [2.75, 3.05) is 0 Å². The maximum atomic E-state index is 11.8. The third-order valence-corrected chi connectivity index (χ3v) is 2.88. The minimum Gasteiger partial charge on any atom is -0.420 e. The van der Waals surface area contributed by atoms with Gasteiger partial charge < -0.3 is 4.42 Å². The summed E-state index contributed by atoms with van der Waals surface area (Å²) in [5, 5.41) is 8.01. The van der Waals surface area contributed by atoms with Gasteiger partial charge in [-0.2, -0.15) is 0 Å². The normalized spacial score (nSPS) is 11.3. The van der Waals surface area contributed by atoms with Crippen LogP contribution in [0.15, 0.2) is 28.7 Å². The monoisotopic (exact) mass is 258 g/mol. The number of ketones is 1. The minimum atomic E-state index is 0.00166. The minimum absolute atomic E-state index is 0.00166. The van der Waals surface area contributed by atoms with E-state index < -0.39 is 0 Å². The van der Waals surface area contributed by atoms with Gasteiger partial charge in [0.2, 0.25) is 11.8 Å². The van der Waals surface area contributed by atoms with Crippen LogP contribution in [-0.2, 0) is 0 Å². The number of nitrogens with zero attached hydrogens (tertiary/aromatic N) is 2. The van der Waals surface area contributed by atoms with Crippen molar-refractivity contribution in [2.45, 2.75) is 33.6 Å². The molecule has 0 aliphatic rings. The zero-order valence-corrected chi connectivity index (χ0v) is 11.7. The molecular weight excluding hydrogens is 240 g/mol. The summed E-state index contributed by atoms with van der Waals surface area (Å²) in [7, 11) is 0. The molecule has 2 rings (SSSR count). The Morgan fingerprint density at radius 3 is 2.16 bits per heavy atom. The largest absolute Gasteiger partial charge is 0.420 e. The topological polar surface area (TPSA) is 56.0 Å². The maximum Gasteiger partial charge on any atom is 0.247 e. The van der Waals surface area contributed by atoms with Gasteiger partial charge in [0.15, 0.2) is 5.78 Å². The molecule has 4 nitrogen and oxygen atoms in total. The van der Waals surface area contributed by atoms with E-state index in [0.29, 0.717) is 17.3 Å². The molecule has 1 aromatic carbocycles. The lowest BCUT2D eigenvalue weighted by atomic mass is 10.0. The summed E-state index contributed by atoms with van der Waals surface area (Å²) < 4.78 is 5.57. The molecule has 0 bridgehead atoms. The number of Topliss-reactive ketones (excluding diaryl/α,β-unsaturated/α-hetero) is 1. The highest BCUT2D eigenvalue weighted by atomic mass is 16.4. The molecule has 1 aromatic heterocycles. The Hall–Kier alpha value is -1.97. The van der Waals surface area contributed by atoms with E-state index in [-0.39, 0.29) is 17.6 Å². The summed E-state index contributed by atoms with van der Waals surface area (Å²) in [6, 6.07) is 7.29. The number of carbonyl (C=O) groups is 1. The smallest absolute Gasteiger partial charge is 0.247 e. The van der Waals surface area contributed by atoms with E-state index in [9.17, 15) is 4.79 Å². The number of aromatic nitrogens is 2. The van der Waals surface area contributed by atoms with E-state index in [2.05, 4.69) is 10.2 Å². The lowest BCUT2D eigenvalue weighted by molar-refractivity contribution is 0.0939. The molecule has 0 radical (unpaired) electrons. The third-order valence-electron chi connectivity index (χ3n) is 2.88. The van der Waals surface area contributed by atoms with Gasteiger partial charge in [0.1, 0.15) is 0 Å². The van der Waals surface area contributed by atoms with Crippen LogP contribution in [0.3, 0.4) is 0 Å². The van der Waals surface area contributed by atoms with Gasteiger partial charge in [-0.1, -0.05) is 39.8 Å². The second kappa shape index (κ2) is 5.34. The summed E-state index contributed by atoms with van der Waals surface area (Å²) >= 11 is 0. The van der Waals surface area contributed by atoms with Crippen molar-refractivity contribution in [3.8, 4) is 11.5 Å². The van der Waals surface area contributed by atoms with E-state index >= 15 is 0 Å². The highest BCUT2D eigenvalue weighted by molar-refractivity contribution is 5.97. The fourth-order valence-electron chi connectivity index (χ4n) is 1.69. The number of benzene rings is 1. The average Bonchev–Trinajstić information content (AvgIpc) is 2.87. The maximum absolute atomic E-state index is 11.8. The second-order valence-corrected chi connectivity index (χ2v) is 5.20. The molecule has 2 aromatic rings. The first-order valence-electron chi connectivity index (χ1n) is 6.47. The zero-order chi connectivity index (χ0) is 14.0. The summed E-state index contributed by atoms with van der Waals surface area (Å²) in [5.41, 5.74) is 1.54. The van der Waals surface area contributed by atoms with E-state index in [1.165, 1.54) is 0 Å². The molecule has 0 fully saturated rings. The molecule has 1 heterocycles. The van der Waals surface area contributed by atoms with Crippen LogP contribution in [0.4, 0.5) is 0 Å². The molecule has 0 atom stereocenters. The van der Waals surface area contributed by atoms with Crippen molar-refractivity contribution in [1.29, 1.82) is 0 Å². The van der Waals surface area contributed by atoms with Crippen molar-refractivity contribution in [1.82, 2.24) is 10.2 Å². The lowest BCUT2D eigenvalue weighted by Crippen LogP contribution is -2.06. The molecule has 4 heteroatoms. The zero-order valence-electron chi connectivity index (χ0n) is 11.7. The summed E-state index contributed by atoms with van der Waals surface area (Å²) in [4.78, 5) is 11.8. The molecule has 0 aliphatic carbocycles. The summed E-state index contributed by atoms with van der Waals surface area (Å²) in [6.07, 6.45) is 0. The van der Waals surface area contributed by atoms with Crippen LogP contribution >= 0.6 is 0 Å². The van der Waals surface area contributed by atoms with Crippen molar-refractivity contribution in [3.05, 3.63) is 35.7 Å². The van der Waals surface area contributed by atoms with Gasteiger partial charge in [-0.05, 0) is 12.1 Å². The predicted molar refractivity (Wildman–Crippen MR) is 73.0 cm³/mol. The fraction of sp³-hybridized carbons (Fsp3) is 0.400. The molecule has 0 amide bonds. The van der Waals surface area contributed by atoms with Crippen LogP contribution in [0.25, 0.3) is 11.5 Å².